The Morgan fingerprint density at radius 2 is 2.07 bits per heavy atom. The highest BCUT2D eigenvalue weighted by atomic mass is 16.6. The predicted molar refractivity (Wildman–Crippen MR) is 49.5 cm³/mol. The largest absolute Gasteiger partial charge is 0.507 e. The van der Waals surface area contributed by atoms with Gasteiger partial charge in [-0.15, -0.1) is 0 Å². The summed E-state index contributed by atoms with van der Waals surface area (Å²) in [5.41, 5.74) is 1.86. The molecule has 0 aliphatic carbocycles. The summed E-state index contributed by atoms with van der Waals surface area (Å²) in [6.07, 6.45) is 0. The third-order valence-corrected chi connectivity index (χ3v) is 1.68. The van der Waals surface area contributed by atoms with Crippen molar-refractivity contribution in [3.8, 4) is 5.75 Å². The average molecular weight is 211 g/mol. The molecule has 0 unspecified atom stereocenters. The smallest absolute Gasteiger partial charge is 0.335 e. The highest BCUT2D eigenvalue weighted by molar-refractivity contribution is 5.98. The van der Waals surface area contributed by atoms with E-state index in [1.54, 1.807) is 0 Å². The number of nitrogens with one attached hydrogen (secondary N) is 1. The first kappa shape index (κ1) is 11.0. The van der Waals surface area contributed by atoms with Gasteiger partial charge in [-0.3, -0.25) is 9.63 Å². The van der Waals surface area contributed by atoms with Gasteiger partial charge < -0.3 is 10.2 Å². The molecule has 6 heteroatoms. The number of hydrogen-bond acceptors (Lipinski definition) is 4. The van der Waals surface area contributed by atoms with Crippen molar-refractivity contribution in [2.45, 2.75) is 0 Å². The molecule has 0 spiro atoms. The molecule has 0 saturated carbocycles. The number of phenols is 1. The molecule has 0 aromatic heterocycles. The van der Waals surface area contributed by atoms with Crippen LogP contribution in [0.3, 0.4) is 0 Å². The lowest BCUT2D eigenvalue weighted by molar-refractivity contribution is 0.0534. The number of hydroxylamine groups is 1. The van der Waals surface area contributed by atoms with Gasteiger partial charge in [-0.25, -0.2) is 10.3 Å². The second-order valence-electron chi connectivity index (χ2n) is 2.67. The molecule has 3 N–H and O–H groups in total. The molecule has 0 fully saturated rings. The van der Waals surface area contributed by atoms with Gasteiger partial charge in [0, 0.05) is 0 Å². The molecule has 80 valence electrons. The minimum absolute atomic E-state index is 0.0538. The normalized spacial score (nSPS) is 9.67. The van der Waals surface area contributed by atoms with E-state index < -0.39 is 17.6 Å². The van der Waals surface area contributed by atoms with E-state index in [2.05, 4.69) is 4.84 Å². The number of amides is 1. The monoisotopic (exact) mass is 211 g/mol. The first-order chi connectivity index (χ1) is 7.06. The van der Waals surface area contributed by atoms with Gasteiger partial charge in [-0.05, 0) is 18.2 Å². The topological polar surface area (TPSA) is 95.9 Å². The molecule has 6 nitrogen and oxygen atoms in total. The summed E-state index contributed by atoms with van der Waals surface area (Å²) in [5.74, 6) is -2.24. The van der Waals surface area contributed by atoms with E-state index >= 15 is 0 Å². The maximum absolute atomic E-state index is 11.2. The van der Waals surface area contributed by atoms with E-state index in [1.807, 2.05) is 5.48 Å². The van der Waals surface area contributed by atoms with Crippen molar-refractivity contribution < 1.29 is 24.6 Å². The summed E-state index contributed by atoms with van der Waals surface area (Å²) in [5, 5.41) is 18.0. The minimum Gasteiger partial charge on any atom is -0.507 e. The number of hydrogen-bond donors (Lipinski definition) is 3. The quantitative estimate of drug-likeness (QED) is 0.628. The lowest BCUT2D eigenvalue weighted by atomic mass is 10.1. The van der Waals surface area contributed by atoms with Crippen molar-refractivity contribution in [3.63, 3.8) is 0 Å². The van der Waals surface area contributed by atoms with E-state index in [9.17, 15) is 14.7 Å². The van der Waals surface area contributed by atoms with E-state index in [0.29, 0.717) is 0 Å². The zero-order valence-electron chi connectivity index (χ0n) is 7.85. The maximum atomic E-state index is 11.2. The van der Waals surface area contributed by atoms with Gasteiger partial charge >= 0.3 is 5.97 Å². The lowest BCUT2D eigenvalue weighted by Crippen LogP contribution is -2.21. The van der Waals surface area contributed by atoms with Crippen molar-refractivity contribution in [1.82, 2.24) is 5.48 Å². The summed E-state index contributed by atoms with van der Waals surface area (Å²) in [4.78, 5) is 26.1. The molecular formula is C9H9NO5. The van der Waals surface area contributed by atoms with Crippen LogP contribution in [0.2, 0.25) is 0 Å². The molecule has 0 radical (unpaired) electrons. The molecule has 1 amide bonds. The van der Waals surface area contributed by atoms with E-state index in [4.69, 9.17) is 5.11 Å². The number of aromatic hydroxyl groups is 1. The SMILES string of the molecule is CONC(=O)c1ccc(C(=O)O)cc1O. The second kappa shape index (κ2) is 4.43. The van der Waals surface area contributed by atoms with Crippen LogP contribution in [0.1, 0.15) is 20.7 Å². The van der Waals surface area contributed by atoms with Crippen LogP contribution in [0.5, 0.6) is 5.75 Å². The highest BCUT2D eigenvalue weighted by Gasteiger charge is 2.13. The van der Waals surface area contributed by atoms with Crippen molar-refractivity contribution in [2.75, 3.05) is 7.11 Å². The average Bonchev–Trinajstić information content (AvgIpc) is 2.17. The maximum Gasteiger partial charge on any atom is 0.335 e. The Labute approximate surface area is 85.1 Å². The summed E-state index contributed by atoms with van der Waals surface area (Å²) in [7, 11) is 1.25. The van der Waals surface area contributed by atoms with Crippen LogP contribution in [0.25, 0.3) is 0 Å². The molecule has 1 rings (SSSR count). The third kappa shape index (κ3) is 2.44. The Balaban J connectivity index is 3.03. The van der Waals surface area contributed by atoms with Gasteiger partial charge in [-0.2, -0.15) is 0 Å². The number of aromatic carboxylic acids is 1. The molecular weight excluding hydrogens is 202 g/mol. The van der Waals surface area contributed by atoms with Gasteiger partial charge in [0.1, 0.15) is 5.75 Å². The van der Waals surface area contributed by atoms with Crippen molar-refractivity contribution >= 4 is 11.9 Å². The summed E-state index contributed by atoms with van der Waals surface area (Å²) < 4.78 is 0. The number of carbonyl (C=O) groups excluding carboxylic acids is 1. The number of phenolic OH excluding ortho intramolecular Hbond substituents is 1. The molecule has 0 bridgehead atoms. The lowest BCUT2D eigenvalue weighted by Gasteiger charge is -2.04. The van der Waals surface area contributed by atoms with Crippen molar-refractivity contribution in [3.05, 3.63) is 29.3 Å². The van der Waals surface area contributed by atoms with Crippen LogP contribution < -0.4 is 5.48 Å². The molecule has 15 heavy (non-hydrogen) atoms. The number of rotatable bonds is 3. The number of carboxylic acids is 1. The Bertz CT molecular complexity index is 401. The summed E-state index contributed by atoms with van der Waals surface area (Å²) in [6.45, 7) is 0. The summed E-state index contributed by atoms with van der Waals surface area (Å²) in [6, 6.07) is 3.41. The van der Waals surface area contributed by atoms with Crippen LogP contribution in [0.15, 0.2) is 18.2 Å². The molecule has 0 heterocycles. The van der Waals surface area contributed by atoms with E-state index in [1.165, 1.54) is 19.2 Å². The molecule has 0 aliphatic rings. The Hall–Kier alpha value is -2.08. The van der Waals surface area contributed by atoms with E-state index in [0.717, 1.165) is 6.07 Å². The van der Waals surface area contributed by atoms with Crippen LogP contribution in [0, 0.1) is 0 Å². The fraction of sp³-hybridized carbons (Fsp3) is 0.111. The highest BCUT2D eigenvalue weighted by Crippen LogP contribution is 2.18. The fourth-order valence-corrected chi connectivity index (χ4v) is 1.00. The number of carboxylic acid groups (broad SMARTS) is 1. The van der Waals surface area contributed by atoms with E-state index in [-0.39, 0.29) is 11.1 Å². The van der Waals surface area contributed by atoms with Crippen molar-refractivity contribution in [1.29, 1.82) is 0 Å². The predicted octanol–water partition coefficient (Wildman–Crippen LogP) is 0.382. The molecule has 1 aromatic rings. The van der Waals surface area contributed by atoms with Gasteiger partial charge in [-0.1, -0.05) is 0 Å². The molecule has 0 aliphatic heterocycles. The van der Waals surface area contributed by atoms with Crippen molar-refractivity contribution in [2.24, 2.45) is 0 Å². The van der Waals surface area contributed by atoms with Gasteiger partial charge in [0.2, 0.25) is 0 Å². The first-order valence-electron chi connectivity index (χ1n) is 3.96. The standard InChI is InChI=1S/C9H9NO5/c1-15-10-8(12)6-3-2-5(9(13)14)4-7(6)11/h2-4,11H,1H3,(H,10,12)(H,13,14). The molecule has 1 aromatic carbocycles. The number of benzene rings is 1. The Morgan fingerprint density at radius 1 is 1.40 bits per heavy atom. The van der Waals surface area contributed by atoms with Gasteiger partial charge in [0.15, 0.2) is 0 Å². The van der Waals surface area contributed by atoms with Crippen LogP contribution in [-0.2, 0) is 4.84 Å². The molecule has 0 saturated heterocycles. The second-order valence-corrected chi connectivity index (χ2v) is 2.67. The Kier molecular flexibility index (Phi) is 3.25. The Morgan fingerprint density at radius 3 is 2.53 bits per heavy atom. The minimum atomic E-state index is -1.18. The zero-order valence-corrected chi connectivity index (χ0v) is 7.85. The van der Waals surface area contributed by atoms with Crippen LogP contribution >= 0.6 is 0 Å². The fourth-order valence-electron chi connectivity index (χ4n) is 1.00. The molecule has 0 atom stereocenters. The van der Waals surface area contributed by atoms with Gasteiger partial charge in [0.05, 0.1) is 18.2 Å². The van der Waals surface area contributed by atoms with Gasteiger partial charge in [0.25, 0.3) is 5.91 Å². The zero-order chi connectivity index (χ0) is 11.4. The third-order valence-electron chi connectivity index (χ3n) is 1.68. The summed E-state index contributed by atoms with van der Waals surface area (Å²) >= 11 is 0. The number of carbonyl (C=O) groups is 2. The van der Waals surface area contributed by atoms with Crippen LogP contribution in [0.4, 0.5) is 0 Å². The van der Waals surface area contributed by atoms with Crippen LogP contribution in [-0.4, -0.2) is 29.2 Å². The first-order valence-corrected chi connectivity index (χ1v) is 3.96.